The summed E-state index contributed by atoms with van der Waals surface area (Å²) in [6.45, 7) is 7.35. The minimum Gasteiger partial charge on any atom is -0.487 e. The quantitative estimate of drug-likeness (QED) is 0.750. The number of hydrogen-bond acceptors (Lipinski definition) is 2. The molecule has 0 bridgehead atoms. The van der Waals surface area contributed by atoms with Crippen molar-refractivity contribution in [1.29, 1.82) is 0 Å². The molecule has 2 aliphatic rings. The lowest BCUT2D eigenvalue weighted by molar-refractivity contribution is 0.0197. The molecule has 3 heteroatoms. The first-order chi connectivity index (χ1) is 8.90. The molecule has 0 aliphatic carbocycles. The number of benzene rings is 1. The monoisotopic (exact) mass is 324 g/mol. The lowest BCUT2D eigenvalue weighted by atomic mass is 9.91. The summed E-state index contributed by atoms with van der Waals surface area (Å²) in [5.74, 6) is 1.03. The van der Waals surface area contributed by atoms with Gasteiger partial charge in [0.05, 0.1) is 10.4 Å². The predicted molar refractivity (Wildman–Crippen MR) is 80.1 cm³/mol. The molecule has 2 aliphatic heterocycles. The molecule has 0 N–H and O–H groups in total. The molecule has 1 saturated heterocycles. The van der Waals surface area contributed by atoms with Gasteiger partial charge >= 0.3 is 0 Å². The Hall–Kier alpha value is -0.540. The van der Waals surface area contributed by atoms with E-state index in [2.05, 4.69) is 54.9 Å². The van der Waals surface area contributed by atoms with Gasteiger partial charge in [-0.05, 0) is 50.8 Å². The summed E-state index contributed by atoms with van der Waals surface area (Å²) < 4.78 is 11.9. The predicted octanol–water partition coefficient (Wildman–Crippen LogP) is 4.41. The molecule has 0 aromatic heterocycles. The lowest BCUT2D eigenvalue weighted by Crippen LogP contribution is -2.28. The normalized spacial score (nSPS) is 29.9. The van der Waals surface area contributed by atoms with Gasteiger partial charge in [-0.1, -0.05) is 28.1 Å². The van der Waals surface area contributed by atoms with E-state index in [0.29, 0.717) is 0 Å². The van der Waals surface area contributed by atoms with Gasteiger partial charge in [0.1, 0.15) is 11.4 Å². The fourth-order valence-corrected chi connectivity index (χ4v) is 3.79. The van der Waals surface area contributed by atoms with E-state index in [1.54, 1.807) is 0 Å². The van der Waals surface area contributed by atoms with Crippen molar-refractivity contribution in [2.45, 2.75) is 56.1 Å². The van der Waals surface area contributed by atoms with Crippen molar-refractivity contribution in [1.82, 2.24) is 0 Å². The minimum atomic E-state index is -0.0801. The van der Waals surface area contributed by atoms with E-state index < -0.39 is 0 Å². The molecule has 2 unspecified atom stereocenters. The van der Waals surface area contributed by atoms with Crippen LogP contribution in [0.4, 0.5) is 0 Å². The van der Waals surface area contributed by atoms with E-state index in [4.69, 9.17) is 9.47 Å². The minimum absolute atomic E-state index is 0.0729. The molecule has 2 heterocycles. The summed E-state index contributed by atoms with van der Waals surface area (Å²) >= 11 is 3.84. The number of fused-ring (bicyclic) bond motifs is 1. The van der Waals surface area contributed by atoms with Crippen LogP contribution in [0, 0.1) is 0 Å². The number of halogens is 1. The highest BCUT2D eigenvalue weighted by atomic mass is 79.9. The first kappa shape index (κ1) is 13.4. The van der Waals surface area contributed by atoms with Gasteiger partial charge in [0.15, 0.2) is 0 Å². The van der Waals surface area contributed by atoms with Crippen LogP contribution >= 0.6 is 15.9 Å². The Morgan fingerprint density at radius 1 is 1.26 bits per heavy atom. The maximum absolute atomic E-state index is 5.94. The molecule has 2 atom stereocenters. The Balaban J connectivity index is 1.88. The lowest BCUT2D eigenvalue weighted by Gasteiger charge is -2.29. The molecule has 19 heavy (non-hydrogen) atoms. The van der Waals surface area contributed by atoms with Crippen LogP contribution in [0.15, 0.2) is 18.2 Å². The maximum Gasteiger partial charge on any atom is 0.123 e. The zero-order chi connectivity index (χ0) is 13.7. The van der Waals surface area contributed by atoms with Gasteiger partial charge in [0, 0.05) is 13.0 Å². The van der Waals surface area contributed by atoms with Crippen LogP contribution in [0.25, 0.3) is 0 Å². The number of hydrogen-bond donors (Lipinski definition) is 0. The first-order valence-corrected chi connectivity index (χ1v) is 7.91. The Morgan fingerprint density at radius 2 is 2.05 bits per heavy atom. The van der Waals surface area contributed by atoms with Crippen molar-refractivity contribution < 1.29 is 9.47 Å². The van der Waals surface area contributed by atoms with E-state index >= 15 is 0 Å². The smallest absolute Gasteiger partial charge is 0.123 e. The first-order valence-electron chi connectivity index (χ1n) is 7.00. The van der Waals surface area contributed by atoms with Crippen molar-refractivity contribution in [3.05, 3.63) is 29.3 Å². The molecule has 1 aromatic rings. The van der Waals surface area contributed by atoms with Crippen LogP contribution < -0.4 is 4.74 Å². The highest BCUT2D eigenvalue weighted by Gasteiger charge is 2.39. The van der Waals surface area contributed by atoms with E-state index in [-0.39, 0.29) is 16.0 Å². The molecule has 2 nitrogen and oxygen atoms in total. The Bertz CT molecular complexity index is 490. The van der Waals surface area contributed by atoms with E-state index in [1.165, 1.54) is 11.1 Å². The van der Waals surface area contributed by atoms with E-state index in [9.17, 15) is 0 Å². The summed E-state index contributed by atoms with van der Waals surface area (Å²) in [5.41, 5.74) is 2.46. The fraction of sp³-hybridized carbons (Fsp3) is 0.625. The summed E-state index contributed by atoms with van der Waals surface area (Å²) in [4.78, 5) is 0.247. The van der Waals surface area contributed by atoms with Gasteiger partial charge in [0.2, 0.25) is 0 Å². The van der Waals surface area contributed by atoms with E-state index in [0.717, 1.165) is 31.6 Å². The Morgan fingerprint density at radius 3 is 2.74 bits per heavy atom. The number of rotatable bonds is 2. The number of ether oxygens (including phenoxy) is 2. The summed E-state index contributed by atoms with van der Waals surface area (Å²) in [7, 11) is 0. The third-order valence-electron chi connectivity index (χ3n) is 4.17. The molecule has 1 aromatic carbocycles. The second-order valence-corrected chi connectivity index (χ2v) is 7.45. The van der Waals surface area contributed by atoms with Crippen molar-refractivity contribution in [3.8, 4) is 5.75 Å². The van der Waals surface area contributed by atoms with Gasteiger partial charge in [-0.2, -0.15) is 0 Å². The molecule has 1 fully saturated rings. The third kappa shape index (κ3) is 2.43. The Labute approximate surface area is 123 Å². The standard InChI is InChI=1S/C16H21BrO2/c1-15(2)10-12-9-11(5-6-13(12)19-15)14(17)16(3)7-4-8-18-16/h5-6,9,14H,4,7-8,10H2,1-3H3. The van der Waals surface area contributed by atoms with Gasteiger partial charge in [-0.25, -0.2) is 0 Å². The van der Waals surface area contributed by atoms with Gasteiger partial charge in [0.25, 0.3) is 0 Å². The van der Waals surface area contributed by atoms with Crippen LogP contribution in [-0.4, -0.2) is 17.8 Å². The molecular weight excluding hydrogens is 304 g/mol. The fourth-order valence-electron chi connectivity index (χ4n) is 3.14. The van der Waals surface area contributed by atoms with Crippen LogP contribution in [0.1, 0.15) is 49.6 Å². The van der Waals surface area contributed by atoms with Crippen molar-refractivity contribution >= 4 is 15.9 Å². The molecule has 3 rings (SSSR count). The largest absolute Gasteiger partial charge is 0.487 e. The van der Waals surface area contributed by atoms with Gasteiger partial charge in [-0.3, -0.25) is 0 Å². The zero-order valence-corrected chi connectivity index (χ0v) is 13.4. The van der Waals surface area contributed by atoms with Gasteiger partial charge < -0.3 is 9.47 Å². The summed E-state index contributed by atoms with van der Waals surface area (Å²) in [6, 6.07) is 6.54. The third-order valence-corrected chi connectivity index (χ3v) is 5.66. The molecule has 0 amide bonds. The highest BCUT2D eigenvalue weighted by molar-refractivity contribution is 9.09. The second-order valence-electron chi connectivity index (χ2n) is 6.53. The van der Waals surface area contributed by atoms with E-state index in [1.807, 2.05) is 0 Å². The van der Waals surface area contributed by atoms with Gasteiger partial charge in [-0.15, -0.1) is 0 Å². The van der Waals surface area contributed by atoms with Crippen LogP contribution in [-0.2, 0) is 11.2 Å². The highest BCUT2D eigenvalue weighted by Crippen LogP contribution is 2.45. The molecule has 104 valence electrons. The average molecular weight is 325 g/mol. The van der Waals surface area contributed by atoms with Crippen molar-refractivity contribution in [2.75, 3.05) is 6.61 Å². The molecule has 0 saturated carbocycles. The average Bonchev–Trinajstić information content (AvgIpc) is 2.90. The van der Waals surface area contributed by atoms with Crippen molar-refractivity contribution in [3.63, 3.8) is 0 Å². The van der Waals surface area contributed by atoms with Crippen LogP contribution in [0.2, 0.25) is 0 Å². The van der Waals surface area contributed by atoms with Crippen molar-refractivity contribution in [2.24, 2.45) is 0 Å². The number of alkyl halides is 1. The topological polar surface area (TPSA) is 18.5 Å². The molecule has 0 spiro atoms. The summed E-state index contributed by atoms with van der Waals surface area (Å²) in [6.07, 6.45) is 3.25. The summed E-state index contributed by atoms with van der Waals surface area (Å²) in [5, 5.41) is 0. The van der Waals surface area contributed by atoms with Crippen LogP contribution in [0.3, 0.4) is 0 Å². The molecular formula is C16H21BrO2. The second kappa shape index (κ2) is 4.49. The SMILES string of the molecule is CC1(C)Cc2cc(C(Br)C3(C)CCCO3)ccc2O1. The maximum atomic E-state index is 5.94. The molecule has 0 radical (unpaired) electrons. The van der Waals surface area contributed by atoms with Crippen LogP contribution in [0.5, 0.6) is 5.75 Å². The Kier molecular flexibility index (Phi) is 3.18. The zero-order valence-electron chi connectivity index (χ0n) is 11.8.